The molecule has 0 bridgehead atoms. The normalized spacial score (nSPS) is 11.0. The molecule has 0 saturated heterocycles. The first-order valence-electron chi connectivity index (χ1n) is 8.14. The van der Waals surface area contributed by atoms with Crippen LogP contribution in [0.5, 0.6) is 0 Å². The Morgan fingerprint density at radius 3 is 2.76 bits per heavy atom. The molecule has 7 heteroatoms. The number of benzene rings is 1. The molecule has 3 aromatic heterocycles. The molecule has 1 aromatic carbocycles. The van der Waals surface area contributed by atoms with Crippen molar-refractivity contribution in [2.45, 2.75) is 12.8 Å². The lowest BCUT2D eigenvalue weighted by molar-refractivity contribution is 0.577. The Bertz CT molecular complexity index is 962. The third-order valence-electron chi connectivity index (χ3n) is 3.87. The molecule has 0 atom stereocenters. The Morgan fingerprint density at radius 1 is 1.08 bits per heavy atom. The van der Waals surface area contributed by atoms with E-state index in [-0.39, 0.29) is 0 Å². The topological polar surface area (TPSA) is 94.3 Å². The van der Waals surface area contributed by atoms with Crippen molar-refractivity contribution in [1.29, 1.82) is 0 Å². The van der Waals surface area contributed by atoms with Gasteiger partial charge in [0, 0.05) is 12.6 Å². The predicted molar refractivity (Wildman–Crippen MR) is 96.1 cm³/mol. The van der Waals surface area contributed by atoms with E-state index in [4.69, 9.17) is 10.2 Å². The lowest BCUT2D eigenvalue weighted by atomic mass is 10.1. The number of nitrogens with zero attached hydrogens (tertiary/aromatic N) is 4. The highest BCUT2D eigenvalue weighted by molar-refractivity contribution is 5.56. The highest BCUT2D eigenvalue weighted by atomic mass is 16.3. The van der Waals surface area contributed by atoms with Crippen LogP contribution >= 0.6 is 0 Å². The SMILES string of the molecule is Nc1cc(NCCCc2ccccc2)nc2nc(-c3ccco3)nn12. The molecule has 0 aliphatic carbocycles. The van der Waals surface area contributed by atoms with Crippen molar-refractivity contribution in [3.8, 4) is 11.6 Å². The number of furan rings is 1. The van der Waals surface area contributed by atoms with E-state index in [1.54, 1.807) is 24.5 Å². The molecular formula is C18H18N6O. The number of rotatable bonds is 6. The molecule has 0 spiro atoms. The molecule has 0 aliphatic rings. The van der Waals surface area contributed by atoms with Gasteiger partial charge in [0.25, 0.3) is 5.78 Å². The molecule has 7 nitrogen and oxygen atoms in total. The summed E-state index contributed by atoms with van der Waals surface area (Å²) in [5.41, 5.74) is 7.40. The van der Waals surface area contributed by atoms with Crippen LogP contribution in [-0.4, -0.2) is 26.1 Å². The first-order chi connectivity index (χ1) is 12.3. The largest absolute Gasteiger partial charge is 0.461 e. The molecule has 0 radical (unpaired) electrons. The van der Waals surface area contributed by atoms with Crippen molar-refractivity contribution in [3.63, 3.8) is 0 Å². The van der Waals surface area contributed by atoms with E-state index in [0.717, 1.165) is 19.4 Å². The number of fused-ring (bicyclic) bond motifs is 1. The Morgan fingerprint density at radius 2 is 1.96 bits per heavy atom. The first-order valence-corrected chi connectivity index (χ1v) is 8.14. The second-order valence-corrected chi connectivity index (χ2v) is 5.71. The summed E-state index contributed by atoms with van der Waals surface area (Å²) < 4.78 is 6.83. The number of hydrogen-bond acceptors (Lipinski definition) is 6. The van der Waals surface area contributed by atoms with E-state index in [2.05, 4.69) is 44.6 Å². The van der Waals surface area contributed by atoms with Gasteiger partial charge in [-0.3, -0.25) is 0 Å². The van der Waals surface area contributed by atoms with Crippen LogP contribution in [0.15, 0.2) is 59.2 Å². The lowest BCUT2D eigenvalue weighted by Gasteiger charge is -2.07. The van der Waals surface area contributed by atoms with Crippen LogP contribution < -0.4 is 11.1 Å². The average Bonchev–Trinajstić information content (AvgIpc) is 3.29. The summed E-state index contributed by atoms with van der Waals surface area (Å²) >= 11 is 0. The molecule has 0 unspecified atom stereocenters. The summed E-state index contributed by atoms with van der Waals surface area (Å²) in [6, 6.07) is 15.8. The quantitative estimate of drug-likeness (QED) is 0.526. The number of aromatic nitrogens is 4. The van der Waals surface area contributed by atoms with E-state index in [0.29, 0.717) is 29.0 Å². The second kappa shape index (κ2) is 6.64. The van der Waals surface area contributed by atoms with Crippen LogP contribution in [0.2, 0.25) is 0 Å². The fourth-order valence-corrected chi connectivity index (χ4v) is 2.65. The average molecular weight is 334 g/mol. The third-order valence-corrected chi connectivity index (χ3v) is 3.87. The molecule has 4 aromatic rings. The molecule has 3 N–H and O–H groups in total. The minimum atomic E-state index is 0.442. The van der Waals surface area contributed by atoms with Crippen LogP contribution in [0.25, 0.3) is 17.4 Å². The lowest BCUT2D eigenvalue weighted by Crippen LogP contribution is -2.08. The monoisotopic (exact) mass is 334 g/mol. The van der Waals surface area contributed by atoms with Crippen LogP contribution in [0.4, 0.5) is 11.6 Å². The molecule has 0 amide bonds. The predicted octanol–water partition coefficient (Wildman–Crippen LogP) is 3.01. The summed E-state index contributed by atoms with van der Waals surface area (Å²) in [6.07, 6.45) is 3.60. The molecule has 126 valence electrons. The summed E-state index contributed by atoms with van der Waals surface area (Å²) in [5, 5.41) is 7.62. The van der Waals surface area contributed by atoms with Gasteiger partial charge < -0.3 is 15.5 Å². The van der Waals surface area contributed by atoms with Gasteiger partial charge in [0.2, 0.25) is 5.82 Å². The minimum absolute atomic E-state index is 0.442. The Hall–Kier alpha value is -3.35. The van der Waals surface area contributed by atoms with Gasteiger partial charge >= 0.3 is 0 Å². The van der Waals surface area contributed by atoms with Crippen molar-refractivity contribution in [1.82, 2.24) is 19.6 Å². The Balaban J connectivity index is 1.45. The number of nitrogens with two attached hydrogens (primary N) is 1. The van der Waals surface area contributed by atoms with Gasteiger partial charge in [-0.1, -0.05) is 30.3 Å². The van der Waals surface area contributed by atoms with Crippen LogP contribution in [-0.2, 0) is 6.42 Å². The van der Waals surface area contributed by atoms with Gasteiger partial charge in [-0.05, 0) is 30.5 Å². The van der Waals surface area contributed by atoms with E-state index in [1.165, 1.54) is 10.1 Å². The summed E-state index contributed by atoms with van der Waals surface area (Å²) in [5.74, 6) is 2.65. The standard InChI is InChI=1S/C18H18N6O/c19-15-12-16(20-10-4-8-13-6-2-1-3-7-13)21-18-22-17(23-24(15)18)14-9-5-11-25-14/h1-3,5-7,9,11-12H,4,8,10,19H2,(H,20,21,22,23). The first kappa shape index (κ1) is 15.2. The smallest absolute Gasteiger partial charge is 0.256 e. The molecule has 4 rings (SSSR count). The van der Waals surface area contributed by atoms with Crippen LogP contribution in [0, 0.1) is 0 Å². The molecule has 3 heterocycles. The van der Waals surface area contributed by atoms with Crippen LogP contribution in [0.3, 0.4) is 0 Å². The van der Waals surface area contributed by atoms with Crippen molar-refractivity contribution in [2.24, 2.45) is 0 Å². The highest BCUT2D eigenvalue weighted by Crippen LogP contribution is 2.19. The minimum Gasteiger partial charge on any atom is -0.461 e. The van der Waals surface area contributed by atoms with E-state index >= 15 is 0 Å². The van der Waals surface area contributed by atoms with Gasteiger partial charge in [-0.2, -0.15) is 14.5 Å². The molecule has 25 heavy (non-hydrogen) atoms. The summed E-state index contributed by atoms with van der Waals surface area (Å²) in [6.45, 7) is 0.802. The van der Waals surface area contributed by atoms with Crippen molar-refractivity contribution in [3.05, 3.63) is 60.4 Å². The van der Waals surface area contributed by atoms with Crippen molar-refractivity contribution >= 4 is 17.4 Å². The van der Waals surface area contributed by atoms with Gasteiger partial charge in [0.15, 0.2) is 5.76 Å². The number of nitrogen functional groups attached to an aromatic ring is 1. The summed E-state index contributed by atoms with van der Waals surface area (Å²) in [4.78, 5) is 8.85. The third kappa shape index (κ3) is 3.30. The Kier molecular flexibility index (Phi) is 4.04. The van der Waals surface area contributed by atoms with Gasteiger partial charge in [0.05, 0.1) is 6.26 Å². The summed E-state index contributed by atoms with van der Waals surface area (Å²) in [7, 11) is 0. The zero-order chi connectivity index (χ0) is 17.1. The zero-order valence-electron chi connectivity index (χ0n) is 13.6. The van der Waals surface area contributed by atoms with Gasteiger partial charge in [-0.15, -0.1) is 5.10 Å². The number of nitrogens with one attached hydrogen (secondary N) is 1. The highest BCUT2D eigenvalue weighted by Gasteiger charge is 2.12. The number of hydrogen-bond donors (Lipinski definition) is 2. The fraction of sp³-hybridized carbons (Fsp3) is 0.167. The maximum atomic E-state index is 6.07. The number of aryl methyl sites for hydroxylation is 1. The molecule has 0 aliphatic heterocycles. The Labute approximate surface area is 144 Å². The van der Waals surface area contributed by atoms with E-state index in [1.807, 2.05) is 6.07 Å². The van der Waals surface area contributed by atoms with Gasteiger partial charge in [0.1, 0.15) is 11.6 Å². The number of anilines is 2. The van der Waals surface area contributed by atoms with Crippen LogP contribution in [0.1, 0.15) is 12.0 Å². The molecular weight excluding hydrogens is 316 g/mol. The molecule has 0 fully saturated rings. The van der Waals surface area contributed by atoms with Gasteiger partial charge in [-0.25, -0.2) is 0 Å². The maximum Gasteiger partial charge on any atom is 0.256 e. The van der Waals surface area contributed by atoms with Crippen molar-refractivity contribution in [2.75, 3.05) is 17.6 Å². The fourth-order valence-electron chi connectivity index (χ4n) is 2.65. The maximum absolute atomic E-state index is 6.07. The van der Waals surface area contributed by atoms with E-state index in [9.17, 15) is 0 Å². The molecule has 0 saturated carbocycles. The zero-order valence-corrected chi connectivity index (χ0v) is 13.6. The van der Waals surface area contributed by atoms with Crippen molar-refractivity contribution < 1.29 is 4.42 Å². The van der Waals surface area contributed by atoms with E-state index < -0.39 is 0 Å². The second-order valence-electron chi connectivity index (χ2n) is 5.71.